The van der Waals surface area contributed by atoms with Crippen LogP contribution in [-0.4, -0.2) is 82.3 Å². The molecule has 1 amide bonds. The summed E-state index contributed by atoms with van der Waals surface area (Å²) in [6.45, 7) is 16.5. The second-order valence-electron chi connectivity index (χ2n) is 9.29. The quantitative estimate of drug-likeness (QED) is 0.532. The molecule has 2 heterocycles. The van der Waals surface area contributed by atoms with Crippen LogP contribution in [-0.2, 0) is 14.3 Å². The molecule has 0 aromatic rings. The van der Waals surface area contributed by atoms with Gasteiger partial charge in [-0.1, -0.05) is 0 Å². The lowest BCUT2D eigenvalue weighted by Gasteiger charge is -2.44. The zero-order valence-electron chi connectivity index (χ0n) is 17.6. The fraction of sp³-hybridized carbons (Fsp3) is 0.842. The molecule has 2 rings (SSSR count). The van der Waals surface area contributed by atoms with Gasteiger partial charge in [0.2, 0.25) is 0 Å². The predicted molar refractivity (Wildman–Crippen MR) is 108 cm³/mol. The number of piperazine rings is 1. The number of ether oxygens (including phenoxy) is 2. The number of rotatable bonds is 4. The van der Waals surface area contributed by atoms with Crippen molar-refractivity contribution in [2.45, 2.75) is 59.6 Å². The SMILES string of the molecule is CCOC(=O)C(C)(C)CN1C[C@]2(C)CN(C(=O)OC(C)(C)C)CCN2C1=S. The molecular weight excluding hydrogens is 366 g/mol. The third-order valence-corrected chi connectivity index (χ3v) is 5.35. The van der Waals surface area contributed by atoms with E-state index in [2.05, 4.69) is 16.7 Å². The maximum Gasteiger partial charge on any atom is 0.410 e. The minimum absolute atomic E-state index is 0.224. The molecule has 0 spiro atoms. The average Bonchev–Trinajstić information content (AvgIpc) is 2.75. The fourth-order valence-electron chi connectivity index (χ4n) is 3.65. The molecule has 1 atom stereocenters. The van der Waals surface area contributed by atoms with Crippen molar-refractivity contribution in [2.24, 2.45) is 5.41 Å². The predicted octanol–water partition coefficient (Wildman–Crippen LogP) is 2.49. The summed E-state index contributed by atoms with van der Waals surface area (Å²) in [5, 5.41) is 0.735. The molecule has 0 unspecified atom stereocenters. The summed E-state index contributed by atoms with van der Waals surface area (Å²) in [7, 11) is 0. The van der Waals surface area contributed by atoms with Gasteiger partial charge in [0.15, 0.2) is 5.11 Å². The van der Waals surface area contributed by atoms with Crippen LogP contribution in [0.2, 0.25) is 0 Å². The normalized spacial score (nSPS) is 23.4. The van der Waals surface area contributed by atoms with Gasteiger partial charge < -0.3 is 24.2 Å². The van der Waals surface area contributed by atoms with Crippen molar-refractivity contribution in [1.29, 1.82) is 0 Å². The highest BCUT2D eigenvalue weighted by Crippen LogP contribution is 2.33. The number of amides is 1. The molecule has 8 heteroatoms. The van der Waals surface area contributed by atoms with Crippen molar-refractivity contribution >= 4 is 29.4 Å². The van der Waals surface area contributed by atoms with Gasteiger partial charge in [-0.05, 0) is 60.7 Å². The molecule has 0 aliphatic carbocycles. The molecule has 0 radical (unpaired) electrons. The van der Waals surface area contributed by atoms with E-state index < -0.39 is 11.0 Å². The van der Waals surface area contributed by atoms with Crippen LogP contribution in [0.3, 0.4) is 0 Å². The monoisotopic (exact) mass is 399 g/mol. The van der Waals surface area contributed by atoms with Crippen molar-refractivity contribution in [1.82, 2.24) is 14.7 Å². The number of hydrogen-bond donors (Lipinski definition) is 0. The second-order valence-corrected chi connectivity index (χ2v) is 9.66. The first-order valence-electron chi connectivity index (χ1n) is 9.51. The standard InChI is InChI=1S/C19H33N3O4S/c1-8-25-14(23)18(5,6)11-21-13-19(7)12-20(9-10-22(19)15(21)27)16(24)26-17(2,3)4/h8-13H2,1-7H3/t19-/m0/s1. The number of carbonyl (C=O) groups excluding carboxylic acids is 2. The third-order valence-electron chi connectivity index (χ3n) is 4.88. The van der Waals surface area contributed by atoms with E-state index in [1.54, 1.807) is 11.8 Å². The van der Waals surface area contributed by atoms with E-state index in [0.29, 0.717) is 39.3 Å². The van der Waals surface area contributed by atoms with E-state index in [0.717, 1.165) is 5.11 Å². The molecule has 0 N–H and O–H groups in total. The Labute approximate surface area is 167 Å². The van der Waals surface area contributed by atoms with Gasteiger partial charge in [0.05, 0.1) is 17.6 Å². The Bertz CT molecular complexity index is 617. The van der Waals surface area contributed by atoms with E-state index in [4.69, 9.17) is 21.7 Å². The Hall–Kier alpha value is -1.57. The summed E-state index contributed by atoms with van der Waals surface area (Å²) >= 11 is 5.69. The highest BCUT2D eigenvalue weighted by atomic mass is 32.1. The van der Waals surface area contributed by atoms with E-state index in [1.165, 1.54) is 0 Å². The number of esters is 1. The summed E-state index contributed by atoms with van der Waals surface area (Å²) in [5.41, 5.74) is -1.47. The van der Waals surface area contributed by atoms with Gasteiger partial charge in [-0.2, -0.15) is 0 Å². The molecule has 0 aromatic heterocycles. The first-order chi connectivity index (χ1) is 12.3. The molecule has 0 bridgehead atoms. The van der Waals surface area contributed by atoms with E-state index in [-0.39, 0.29) is 17.6 Å². The van der Waals surface area contributed by atoms with E-state index in [9.17, 15) is 9.59 Å². The maximum atomic E-state index is 12.5. The molecule has 154 valence electrons. The molecule has 2 aliphatic rings. The van der Waals surface area contributed by atoms with Gasteiger partial charge in [-0.15, -0.1) is 0 Å². The summed E-state index contributed by atoms with van der Waals surface area (Å²) in [6, 6.07) is 0. The van der Waals surface area contributed by atoms with Crippen LogP contribution in [0.25, 0.3) is 0 Å². The smallest absolute Gasteiger partial charge is 0.410 e. The Kier molecular flexibility index (Phi) is 5.99. The van der Waals surface area contributed by atoms with Crippen molar-refractivity contribution in [3.8, 4) is 0 Å². The highest BCUT2D eigenvalue weighted by molar-refractivity contribution is 7.80. The molecule has 2 saturated heterocycles. The zero-order valence-corrected chi connectivity index (χ0v) is 18.4. The largest absolute Gasteiger partial charge is 0.466 e. The molecule has 2 aliphatic heterocycles. The number of carbonyl (C=O) groups is 2. The number of hydrogen-bond acceptors (Lipinski definition) is 5. The molecule has 0 saturated carbocycles. The minimum Gasteiger partial charge on any atom is -0.466 e. The Morgan fingerprint density at radius 3 is 2.33 bits per heavy atom. The van der Waals surface area contributed by atoms with Crippen molar-refractivity contribution in [3.05, 3.63) is 0 Å². The molecular formula is C19H33N3O4S. The van der Waals surface area contributed by atoms with Crippen LogP contribution in [0, 0.1) is 5.41 Å². The van der Waals surface area contributed by atoms with E-state index in [1.807, 2.05) is 34.6 Å². The lowest BCUT2D eigenvalue weighted by atomic mass is 9.92. The van der Waals surface area contributed by atoms with Crippen LogP contribution in [0.1, 0.15) is 48.5 Å². The van der Waals surface area contributed by atoms with Gasteiger partial charge >= 0.3 is 12.1 Å². The lowest BCUT2D eigenvalue weighted by Crippen LogP contribution is -2.61. The van der Waals surface area contributed by atoms with Gasteiger partial charge in [0, 0.05) is 32.7 Å². The highest BCUT2D eigenvalue weighted by Gasteiger charge is 2.50. The van der Waals surface area contributed by atoms with Crippen molar-refractivity contribution in [3.63, 3.8) is 0 Å². The van der Waals surface area contributed by atoms with Crippen LogP contribution in [0.15, 0.2) is 0 Å². The van der Waals surface area contributed by atoms with Crippen LogP contribution < -0.4 is 0 Å². The minimum atomic E-state index is -0.657. The molecule has 27 heavy (non-hydrogen) atoms. The second kappa shape index (κ2) is 7.45. The third kappa shape index (κ3) is 4.83. The van der Waals surface area contributed by atoms with Gasteiger partial charge in [0.1, 0.15) is 5.60 Å². The average molecular weight is 400 g/mol. The van der Waals surface area contributed by atoms with E-state index >= 15 is 0 Å². The van der Waals surface area contributed by atoms with Gasteiger partial charge in [0.25, 0.3) is 0 Å². The van der Waals surface area contributed by atoms with Gasteiger partial charge in [-0.3, -0.25) is 4.79 Å². The summed E-state index contributed by atoms with van der Waals surface area (Å²) in [6.07, 6.45) is -0.292. The van der Waals surface area contributed by atoms with Crippen LogP contribution >= 0.6 is 12.2 Å². The van der Waals surface area contributed by atoms with Crippen molar-refractivity contribution < 1.29 is 19.1 Å². The topological polar surface area (TPSA) is 62.3 Å². The molecule has 7 nitrogen and oxygen atoms in total. The number of thiocarbonyl (C=S) groups is 1. The van der Waals surface area contributed by atoms with Crippen molar-refractivity contribution in [2.75, 3.05) is 39.3 Å². The molecule has 2 fully saturated rings. The first kappa shape index (κ1) is 21.7. The summed E-state index contributed by atoms with van der Waals surface area (Å²) < 4.78 is 10.7. The lowest BCUT2D eigenvalue weighted by molar-refractivity contribution is -0.153. The maximum absolute atomic E-state index is 12.5. The van der Waals surface area contributed by atoms with Crippen LogP contribution in [0.4, 0.5) is 4.79 Å². The molecule has 0 aromatic carbocycles. The Morgan fingerprint density at radius 2 is 1.78 bits per heavy atom. The summed E-state index contributed by atoms with van der Waals surface area (Å²) in [5.74, 6) is -0.224. The summed E-state index contributed by atoms with van der Waals surface area (Å²) in [4.78, 5) is 30.7. The zero-order chi connectivity index (χ0) is 20.6. The Balaban J connectivity index is 2.08. The Morgan fingerprint density at radius 1 is 1.15 bits per heavy atom. The van der Waals surface area contributed by atoms with Crippen LogP contribution in [0.5, 0.6) is 0 Å². The first-order valence-corrected chi connectivity index (χ1v) is 9.92. The number of fused-ring (bicyclic) bond motifs is 1. The van der Waals surface area contributed by atoms with Gasteiger partial charge in [-0.25, -0.2) is 4.79 Å². The fourth-order valence-corrected chi connectivity index (χ4v) is 4.09. The number of nitrogens with zero attached hydrogens (tertiary/aromatic N) is 3.